The highest BCUT2D eigenvalue weighted by Crippen LogP contribution is 2.58. The van der Waals surface area contributed by atoms with Crippen LogP contribution in [0.25, 0.3) is 0 Å². The molecule has 2 radical (unpaired) electrons. The molecule has 0 aromatic heterocycles. The van der Waals surface area contributed by atoms with Gasteiger partial charge in [0.25, 0.3) is 0 Å². The smallest absolute Gasteiger partial charge is 0.0707 e. The number of alkyl halides is 1. The van der Waals surface area contributed by atoms with Gasteiger partial charge in [-0.1, -0.05) is 79.5 Å². The van der Waals surface area contributed by atoms with Crippen molar-refractivity contribution in [2.75, 3.05) is 0 Å². The molecule has 0 bridgehead atoms. The van der Waals surface area contributed by atoms with Crippen LogP contribution in [0.1, 0.15) is 83.5 Å². The molecule has 0 aromatic rings. The van der Waals surface area contributed by atoms with Crippen molar-refractivity contribution in [3.05, 3.63) is 0 Å². The van der Waals surface area contributed by atoms with Gasteiger partial charge in [-0.15, -0.1) is 0 Å². The summed E-state index contributed by atoms with van der Waals surface area (Å²) in [5.74, 6) is 5.93. The first-order valence-corrected chi connectivity index (χ1v) is 11.6. The molecule has 4 fully saturated rings. The minimum atomic E-state index is 0.503. The second kappa shape index (κ2) is 7.42. The van der Waals surface area contributed by atoms with Crippen LogP contribution in [0.3, 0.4) is 0 Å². The third kappa shape index (κ3) is 3.32. The van der Waals surface area contributed by atoms with E-state index < -0.39 is 0 Å². The maximum atomic E-state index is 6.95. The lowest BCUT2D eigenvalue weighted by molar-refractivity contribution is 0.0408. The van der Waals surface area contributed by atoms with Gasteiger partial charge in [0.15, 0.2) is 0 Å². The molecule has 23 heavy (non-hydrogen) atoms. The second-order valence-corrected chi connectivity index (χ2v) is 10.3. The van der Waals surface area contributed by atoms with Crippen molar-refractivity contribution in [1.29, 1.82) is 0 Å². The molecule has 4 rings (SSSR count). The Hall–Kier alpha value is 0.545. The molecule has 0 nitrogen and oxygen atoms in total. The molecule has 4 aliphatic rings. The van der Waals surface area contributed by atoms with Crippen molar-refractivity contribution < 1.29 is 0 Å². The average Bonchev–Trinajstić information content (AvgIpc) is 2.86. The molecule has 0 heterocycles. The lowest BCUT2D eigenvalue weighted by Crippen LogP contribution is -2.47. The highest BCUT2D eigenvalue weighted by molar-refractivity contribution is 9.09. The summed E-state index contributed by atoms with van der Waals surface area (Å²) in [6.07, 6.45) is 19.1. The highest BCUT2D eigenvalue weighted by Gasteiger charge is 2.49. The van der Waals surface area contributed by atoms with Crippen LogP contribution < -0.4 is 0 Å². The van der Waals surface area contributed by atoms with Crippen LogP contribution in [0, 0.1) is 35.5 Å². The third-order valence-corrected chi connectivity index (χ3v) is 9.60. The molecule has 4 aliphatic carbocycles. The largest absolute Gasteiger partial charge is 0.0884 e. The predicted molar refractivity (Wildman–Crippen MR) is 103 cm³/mol. The van der Waals surface area contributed by atoms with Crippen molar-refractivity contribution in [3.8, 4) is 0 Å². The molecule has 0 saturated heterocycles. The Balaban J connectivity index is 1.48. The van der Waals surface area contributed by atoms with E-state index in [-0.39, 0.29) is 0 Å². The van der Waals surface area contributed by atoms with Gasteiger partial charge in [-0.2, -0.15) is 0 Å². The summed E-state index contributed by atoms with van der Waals surface area (Å²) in [4.78, 5) is 0.766. The predicted octanol–water partition coefficient (Wildman–Crippen LogP) is 6.53. The Bertz CT molecular complexity index is 391. The van der Waals surface area contributed by atoms with Crippen LogP contribution in [0.15, 0.2) is 0 Å². The molecule has 7 atom stereocenters. The zero-order valence-corrected chi connectivity index (χ0v) is 16.4. The van der Waals surface area contributed by atoms with Crippen molar-refractivity contribution in [2.24, 2.45) is 35.5 Å². The Morgan fingerprint density at radius 3 is 1.91 bits per heavy atom. The summed E-state index contributed by atoms with van der Waals surface area (Å²) in [7, 11) is 6.95. The van der Waals surface area contributed by atoms with Gasteiger partial charge < -0.3 is 0 Å². The fraction of sp³-hybridized carbons (Fsp3) is 1.00. The summed E-state index contributed by atoms with van der Waals surface area (Å²) < 4.78 is 0. The molecule has 0 aromatic carbocycles. The highest BCUT2D eigenvalue weighted by atomic mass is 79.9. The van der Waals surface area contributed by atoms with Gasteiger partial charge in [0, 0.05) is 4.83 Å². The summed E-state index contributed by atoms with van der Waals surface area (Å²) >= 11 is 4.19. The number of hydrogen-bond donors (Lipinski definition) is 0. The zero-order valence-electron chi connectivity index (χ0n) is 14.8. The van der Waals surface area contributed by atoms with E-state index in [1.165, 1.54) is 83.5 Å². The van der Waals surface area contributed by atoms with Crippen LogP contribution in [-0.4, -0.2) is 12.7 Å². The van der Waals surface area contributed by atoms with E-state index >= 15 is 0 Å². The molecular weight excluding hydrogens is 343 g/mol. The quantitative estimate of drug-likeness (QED) is 0.360. The summed E-state index contributed by atoms with van der Waals surface area (Å²) in [5.41, 5.74) is 0. The van der Waals surface area contributed by atoms with E-state index in [9.17, 15) is 0 Å². The Kier molecular flexibility index (Phi) is 5.48. The van der Waals surface area contributed by atoms with Crippen molar-refractivity contribution in [3.63, 3.8) is 0 Å². The number of rotatable bonds is 1. The molecule has 0 N–H and O–H groups in total. The molecular formula is C21H34BBr. The van der Waals surface area contributed by atoms with Crippen LogP contribution in [0.5, 0.6) is 0 Å². The standard InChI is InChI=1S/C21H34BBr/c22-20-16-9-5-2-6-10-17(16)21(23)18-12-11-15(13-19(18)20)14-7-3-1-4-8-14/h14-21H,1-13H2. The Labute approximate surface area is 153 Å². The molecule has 0 spiro atoms. The second-order valence-electron chi connectivity index (χ2n) is 9.29. The summed E-state index contributed by atoms with van der Waals surface area (Å²) in [6.45, 7) is 0. The molecule has 0 amide bonds. The van der Waals surface area contributed by atoms with E-state index in [0.717, 1.165) is 40.3 Å². The topological polar surface area (TPSA) is 0 Å². The van der Waals surface area contributed by atoms with Gasteiger partial charge in [-0.3, -0.25) is 0 Å². The molecule has 0 aliphatic heterocycles. The van der Waals surface area contributed by atoms with Gasteiger partial charge in [0.2, 0.25) is 0 Å². The van der Waals surface area contributed by atoms with Crippen molar-refractivity contribution in [2.45, 2.75) is 94.1 Å². The van der Waals surface area contributed by atoms with Gasteiger partial charge in [-0.05, 0) is 61.2 Å². The number of hydrogen-bond acceptors (Lipinski definition) is 0. The fourth-order valence-electron chi connectivity index (χ4n) is 7.01. The summed E-state index contributed by atoms with van der Waals surface area (Å²) in [5, 5.41) is 0. The van der Waals surface area contributed by atoms with Gasteiger partial charge in [0.05, 0.1) is 7.85 Å². The van der Waals surface area contributed by atoms with E-state index in [0.29, 0.717) is 5.82 Å². The normalized spacial score (nSPS) is 49.0. The van der Waals surface area contributed by atoms with Crippen molar-refractivity contribution >= 4 is 23.8 Å². The van der Waals surface area contributed by atoms with E-state index in [1.807, 2.05) is 0 Å². The molecule has 4 saturated carbocycles. The monoisotopic (exact) mass is 376 g/mol. The first kappa shape index (κ1) is 17.0. The van der Waals surface area contributed by atoms with Gasteiger partial charge in [0.1, 0.15) is 0 Å². The molecule has 128 valence electrons. The lowest BCUT2D eigenvalue weighted by atomic mass is 9.49. The minimum Gasteiger partial charge on any atom is -0.0884 e. The van der Waals surface area contributed by atoms with E-state index in [2.05, 4.69) is 15.9 Å². The van der Waals surface area contributed by atoms with Crippen LogP contribution in [0.4, 0.5) is 0 Å². The first-order valence-electron chi connectivity index (χ1n) is 10.7. The van der Waals surface area contributed by atoms with Crippen molar-refractivity contribution in [1.82, 2.24) is 0 Å². The first-order chi connectivity index (χ1) is 11.3. The van der Waals surface area contributed by atoms with E-state index in [1.54, 1.807) is 0 Å². The average molecular weight is 377 g/mol. The lowest BCUT2D eigenvalue weighted by Gasteiger charge is -2.54. The molecule has 7 unspecified atom stereocenters. The maximum absolute atomic E-state index is 6.95. The maximum Gasteiger partial charge on any atom is 0.0707 e. The van der Waals surface area contributed by atoms with Gasteiger partial charge >= 0.3 is 0 Å². The van der Waals surface area contributed by atoms with E-state index in [4.69, 9.17) is 7.85 Å². The summed E-state index contributed by atoms with van der Waals surface area (Å²) in [6, 6.07) is 0. The van der Waals surface area contributed by atoms with Crippen LogP contribution in [0.2, 0.25) is 5.82 Å². The number of fused-ring (bicyclic) bond motifs is 2. The molecule has 2 heteroatoms. The zero-order chi connectivity index (χ0) is 15.8. The Morgan fingerprint density at radius 1 is 0.565 bits per heavy atom. The fourth-order valence-corrected chi connectivity index (χ4v) is 8.32. The SMILES string of the molecule is [B]C1C2CCCCCC2C(Br)C2CCC(C3CCCCC3)CC12. The van der Waals surface area contributed by atoms with Gasteiger partial charge in [-0.25, -0.2) is 0 Å². The Morgan fingerprint density at radius 2 is 1.17 bits per heavy atom. The van der Waals surface area contributed by atoms with Crippen LogP contribution in [-0.2, 0) is 0 Å². The third-order valence-electron chi connectivity index (χ3n) is 8.24. The van der Waals surface area contributed by atoms with Crippen LogP contribution >= 0.6 is 15.9 Å². The minimum absolute atomic E-state index is 0.503. The number of halogens is 1.